The molecule has 3 rings (SSSR count). The molecule has 2 aliphatic rings. The fourth-order valence-corrected chi connectivity index (χ4v) is 3.46. The van der Waals surface area contributed by atoms with E-state index < -0.39 is 0 Å². The van der Waals surface area contributed by atoms with E-state index in [1.165, 1.54) is 19.2 Å². The summed E-state index contributed by atoms with van der Waals surface area (Å²) in [6, 6.07) is 1.87. The van der Waals surface area contributed by atoms with Gasteiger partial charge in [0, 0.05) is 45.3 Å². The van der Waals surface area contributed by atoms with Crippen LogP contribution in [-0.4, -0.2) is 71.5 Å². The minimum atomic E-state index is 0.0365. The molecule has 1 atom stereocenters. The lowest BCUT2D eigenvalue weighted by atomic mass is 10.0. The quantitative estimate of drug-likeness (QED) is 0.845. The van der Waals surface area contributed by atoms with Crippen LogP contribution in [0, 0.1) is 5.92 Å². The first-order chi connectivity index (χ1) is 11.2. The largest absolute Gasteiger partial charge is 0.356 e. The van der Waals surface area contributed by atoms with Gasteiger partial charge in [-0.25, -0.2) is 9.97 Å². The van der Waals surface area contributed by atoms with Crippen molar-refractivity contribution in [2.24, 2.45) is 5.92 Å². The number of aromatic nitrogens is 2. The van der Waals surface area contributed by atoms with Crippen molar-refractivity contribution in [2.75, 3.05) is 50.7 Å². The topological polar surface area (TPSA) is 52.6 Å². The first-order valence-electron chi connectivity index (χ1n) is 8.76. The molecule has 3 heterocycles. The lowest BCUT2D eigenvalue weighted by molar-refractivity contribution is 0.0637. The molecular weight excluding hydrogens is 290 g/mol. The Kier molecular flexibility index (Phi) is 5.10. The first-order valence-corrected chi connectivity index (χ1v) is 8.76. The van der Waals surface area contributed by atoms with Crippen LogP contribution in [0.1, 0.15) is 37.2 Å². The number of carbonyl (C=O) groups excluding carboxylic acids is 1. The molecule has 23 heavy (non-hydrogen) atoms. The van der Waals surface area contributed by atoms with E-state index in [1.807, 2.05) is 11.0 Å². The zero-order valence-electron chi connectivity index (χ0n) is 14.2. The molecule has 6 nitrogen and oxygen atoms in total. The van der Waals surface area contributed by atoms with Crippen LogP contribution in [0.15, 0.2) is 12.4 Å². The summed E-state index contributed by atoms with van der Waals surface area (Å²) in [6.45, 7) is 11.0. The van der Waals surface area contributed by atoms with Gasteiger partial charge in [-0.1, -0.05) is 13.8 Å². The van der Waals surface area contributed by atoms with E-state index in [2.05, 4.69) is 33.6 Å². The molecule has 0 bridgehead atoms. The van der Waals surface area contributed by atoms with Crippen LogP contribution >= 0.6 is 0 Å². The maximum Gasteiger partial charge on any atom is 0.272 e. The smallest absolute Gasteiger partial charge is 0.272 e. The monoisotopic (exact) mass is 317 g/mol. The molecule has 126 valence electrons. The van der Waals surface area contributed by atoms with E-state index in [4.69, 9.17) is 0 Å². The highest BCUT2D eigenvalue weighted by Crippen LogP contribution is 2.21. The zero-order valence-corrected chi connectivity index (χ0v) is 14.2. The SMILES string of the molecule is CCN1CCN(C(=O)c2cc(N3CCCC(C)C3)ncn2)CC1. The van der Waals surface area contributed by atoms with Gasteiger partial charge in [-0.15, -0.1) is 0 Å². The number of amides is 1. The van der Waals surface area contributed by atoms with E-state index in [1.54, 1.807) is 0 Å². The predicted octanol–water partition coefficient (Wildman–Crippen LogP) is 1.49. The Labute approximate surface area is 138 Å². The van der Waals surface area contributed by atoms with Crippen LogP contribution in [0.4, 0.5) is 5.82 Å². The van der Waals surface area contributed by atoms with Gasteiger partial charge in [0.2, 0.25) is 0 Å². The summed E-state index contributed by atoms with van der Waals surface area (Å²) in [5, 5.41) is 0. The van der Waals surface area contributed by atoms with Crippen LogP contribution in [0.25, 0.3) is 0 Å². The number of hydrogen-bond donors (Lipinski definition) is 0. The Balaban J connectivity index is 1.68. The first kappa shape index (κ1) is 16.2. The Hall–Kier alpha value is -1.69. The molecule has 0 N–H and O–H groups in total. The standard InChI is InChI=1S/C17H27N5O/c1-3-20-7-9-21(10-8-20)17(23)15-11-16(19-13-18-15)22-6-4-5-14(2)12-22/h11,13-14H,3-10,12H2,1-2H3. The summed E-state index contributed by atoms with van der Waals surface area (Å²) >= 11 is 0. The third-order valence-corrected chi connectivity index (χ3v) is 4.96. The third kappa shape index (κ3) is 3.80. The van der Waals surface area contributed by atoms with Gasteiger partial charge in [-0.05, 0) is 25.3 Å². The normalized spacial score (nSPS) is 23.1. The highest BCUT2D eigenvalue weighted by Gasteiger charge is 2.24. The second-order valence-corrected chi connectivity index (χ2v) is 6.68. The molecule has 0 spiro atoms. The minimum absolute atomic E-state index is 0.0365. The van der Waals surface area contributed by atoms with Crippen molar-refractivity contribution in [3.63, 3.8) is 0 Å². The van der Waals surface area contributed by atoms with E-state index in [0.717, 1.165) is 51.6 Å². The van der Waals surface area contributed by atoms with Crippen LogP contribution in [0.5, 0.6) is 0 Å². The van der Waals surface area contributed by atoms with Crippen LogP contribution < -0.4 is 4.90 Å². The molecule has 2 saturated heterocycles. The van der Waals surface area contributed by atoms with Crippen LogP contribution in [0.3, 0.4) is 0 Å². The van der Waals surface area contributed by atoms with Crippen molar-refractivity contribution in [1.29, 1.82) is 0 Å². The number of rotatable bonds is 3. The summed E-state index contributed by atoms with van der Waals surface area (Å²) in [4.78, 5) is 27.9. The van der Waals surface area contributed by atoms with Crippen molar-refractivity contribution in [1.82, 2.24) is 19.8 Å². The highest BCUT2D eigenvalue weighted by atomic mass is 16.2. The number of carbonyl (C=O) groups is 1. The van der Waals surface area contributed by atoms with Crippen LogP contribution in [0.2, 0.25) is 0 Å². The average molecular weight is 317 g/mol. The molecule has 0 saturated carbocycles. The van der Waals surface area contributed by atoms with Gasteiger partial charge in [-0.2, -0.15) is 0 Å². The van der Waals surface area contributed by atoms with Crippen molar-refractivity contribution < 1.29 is 4.79 Å². The molecule has 0 aromatic carbocycles. The molecule has 2 fully saturated rings. The van der Waals surface area contributed by atoms with E-state index in [0.29, 0.717) is 11.6 Å². The van der Waals surface area contributed by atoms with Crippen molar-refractivity contribution in [3.05, 3.63) is 18.1 Å². The Bertz CT molecular complexity index is 542. The average Bonchev–Trinajstić information content (AvgIpc) is 2.61. The maximum atomic E-state index is 12.7. The van der Waals surface area contributed by atoms with Crippen molar-refractivity contribution in [3.8, 4) is 0 Å². The van der Waals surface area contributed by atoms with Gasteiger partial charge in [0.05, 0.1) is 0 Å². The van der Waals surface area contributed by atoms with Crippen LogP contribution in [-0.2, 0) is 0 Å². The molecule has 0 aliphatic carbocycles. The summed E-state index contributed by atoms with van der Waals surface area (Å²) in [5.41, 5.74) is 0.526. The Morgan fingerprint density at radius 2 is 2.00 bits per heavy atom. The number of piperazine rings is 1. The second kappa shape index (κ2) is 7.25. The van der Waals surface area contributed by atoms with Gasteiger partial charge in [-0.3, -0.25) is 4.79 Å². The number of piperidine rings is 1. The number of anilines is 1. The third-order valence-electron chi connectivity index (χ3n) is 4.96. The number of nitrogens with zero attached hydrogens (tertiary/aromatic N) is 5. The Morgan fingerprint density at radius 3 is 2.70 bits per heavy atom. The zero-order chi connectivity index (χ0) is 16.2. The fraction of sp³-hybridized carbons (Fsp3) is 0.706. The number of likely N-dealkylation sites (N-methyl/N-ethyl adjacent to an activating group) is 1. The molecule has 1 aromatic heterocycles. The molecule has 0 radical (unpaired) electrons. The maximum absolute atomic E-state index is 12.7. The van der Waals surface area contributed by atoms with Crippen molar-refractivity contribution in [2.45, 2.75) is 26.7 Å². The fourth-order valence-electron chi connectivity index (χ4n) is 3.46. The molecule has 1 unspecified atom stereocenters. The van der Waals surface area contributed by atoms with E-state index >= 15 is 0 Å². The van der Waals surface area contributed by atoms with E-state index in [9.17, 15) is 4.79 Å². The van der Waals surface area contributed by atoms with Crippen molar-refractivity contribution >= 4 is 11.7 Å². The lowest BCUT2D eigenvalue weighted by Crippen LogP contribution is -2.48. The minimum Gasteiger partial charge on any atom is -0.356 e. The molecule has 6 heteroatoms. The molecule has 2 aliphatic heterocycles. The predicted molar refractivity (Wildman–Crippen MR) is 90.7 cm³/mol. The highest BCUT2D eigenvalue weighted by molar-refractivity contribution is 5.93. The lowest BCUT2D eigenvalue weighted by Gasteiger charge is -2.34. The van der Waals surface area contributed by atoms with Gasteiger partial charge < -0.3 is 14.7 Å². The summed E-state index contributed by atoms with van der Waals surface area (Å²) in [7, 11) is 0. The molecule has 1 aromatic rings. The summed E-state index contributed by atoms with van der Waals surface area (Å²) < 4.78 is 0. The summed E-state index contributed by atoms with van der Waals surface area (Å²) in [5.74, 6) is 1.61. The number of hydrogen-bond acceptors (Lipinski definition) is 5. The van der Waals surface area contributed by atoms with Gasteiger partial charge >= 0.3 is 0 Å². The molecular formula is C17H27N5O. The second-order valence-electron chi connectivity index (χ2n) is 6.68. The van der Waals surface area contributed by atoms with E-state index in [-0.39, 0.29) is 5.91 Å². The summed E-state index contributed by atoms with van der Waals surface area (Å²) in [6.07, 6.45) is 3.99. The van der Waals surface area contributed by atoms with Gasteiger partial charge in [0.15, 0.2) is 0 Å². The van der Waals surface area contributed by atoms with Gasteiger partial charge in [0.1, 0.15) is 17.8 Å². The Morgan fingerprint density at radius 1 is 1.22 bits per heavy atom. The molecule has 1 amide bonds. The van der Waals surface area contributed by atoms with Gasteiger partial charge in [0.25, 0.3) is 5.91 Å².